The van der Waals surface area contributed by atoms with Gasteiger partial charge in [0.25, 0.3) is 0 Å². The molecule has 1 fully saturated rings. The topological polar surface area (TPSA) is 65.0 Å². The van der Waals surface area contributed by atoms with Crippen LogP contribution in [0.4, 0.5) is 20.6 Å². The normalized spacial score (nSPS) is 15.5. The third kappa shape index (κ3) is 5.58. The molecule has 0 bridgehead atoms. The van der Waals surface area contributed by atoms with Crippen LogP contribution in [0, 0.1) is 5.82 Å². The first-order valence-electron chi connectivity index (χ1n) is 8.91. The highest BCUT2D eigenvalue weighted by atomic mass is 35.5. The van der Waals surface area contributed by atoms with Crippen LogP contribution >= 0.6 is 12.4 Å². The Morgan fingerprint density at radius 2 is 1.79 bits per heavy atom. The lowest BCUT2D eigenvalue weighted by molar-refractivity contribution is 0.109. The molecular weight excluding hydrogens is 385 g/mol. The number of rotatable bonds is 5. The van der Waals surface area contributed by atoms with E-state index in [2.05, 4.69) is 15.0 Å². The average Bonchev–Trinajstić information content (AvgIpc) is 2.69. The Kier molecular flexibility index (Phi) is 8.04. The van der Waals surface area contributed by atoms with Gasteiger partial charge in [0.1, 0.15) is 5.82 Å². The number of aliphatic hydroxyl groups excluding tert-OH is 1. The molecule has 8 heteroatoms. The predicted octanol–water partition coefficient (Wildman–Crippen LogP) is 3.28. The Morgan fingerprint density at radius 3 is 2.39 bits per heavy atom. The molecule has 152 valence electrons. The number of amides is 1. The number of nitrogens with one attached hydrogen (secondary N) is 1. The number of ether oxygens (including phenoxy) is 1. The Hall–Kier alpha value is -2.35. The van der Waals surface area contributed by atoms with Gasteiger partial charge >= 0.3 is 6.09 Å². The van der Waals surface area contributed by atoms with Crippen molar-refractivity contribution in [1.82, 2.24) is 4.90 Å². The maximum atomic E-state index is 13.9. The summed E-state index contributed by atoms with van der Waals surface area (Å²) in [6.45, 7) is 3.46. The molecule has 1 aliphatic heterocycles. The molecule has 0 spiro atoms. The number of benzene rings is 2. The monoisotopic (exact) mass is 409 g/mol. The Morgan fingerprint density at radius 1 is 1.14 bits per heavy atom. The second-order valence-corrected chi connectivity index (χ2v) is 6.49. The molecule has 3 rings (SSSR count). The van der Waals surface area contributed by atoms with Crippen molar-refractivity contribution in [2.24, 2.45) is 0 Å². The van der Waals surface area contributed by atoms with E-state index in [9.17, 15) is 14.3 Å². The van der Waals surface area contributed by atoms with Gasteiger partial charge in [0.2, 0.25) is 0 Å². The zero-order valence-corrected chi connectivity index (χ0v) is 16.5. The van der Waals surface area contributed by atoms with Crippen molar-refractivity contribution in [3.8, 4) is 0 Å². The van der Waals surface area contributed by atoms with Gasteiger partial charge < -0.3 is 14.7 Å². The summed E-state index contributed by atoms with van der Waals surface area (Å²) in [4.78, 5) is 15.4. The molecule has 1 saturated heterocycles. The molecule has 2 aromatic carbocycles. The molecule has 1 unspecified atom stereocenters. The van der Waals surface area contributed by atoms with E-state index < -0.39 is 12.2 Å². The fourth-order valence-corrected chi connectivity index (χ4v) is 3.19. The number of para-hydroxylation sites is 1. The molecule has 2 N–H and O–H groups in total. The summed E-state index contributed by atoms with van der Waals surface area (Å²) in [5, 5.41) is 13.1. The zero-order valence-electron chi connectivity index (χ0n) is 15.7. The Labute approximate surface area is 170 Å². The molecule has 0 radical (unpaired) electrons. The van der Waals surface area contributed by atoms with Gasteiger partial charge in [0.15, 0.2) is 0 Å². The second-order valence-electron chi connectivity index (χ2n) is 6.49. The largest absolute Gasteiger partial charge is 0.453 e. The summed E-state index contributed by atoms with van der Waals surface area (Å²) in [5.41, 5.74) is 2.02. The van der Waals surface area contributed by atoms with Gasteiger partial charge in [-0.3, -0.25) is 10.2 Å². The Bertz CT molecular complexity index is 768. The molecule has 0 aliphatic carbocycles. The number of nitrogens with zero attached hydrogens (tertiary/aromatic N) is 2. The standard InChI is InChI=1S/C20H24FN3O3.ClH/c1-27-20(26)22-16-8-6-15(7-9-16)19(25)14-23-10-12-24(13-11-23)18-5-3-2-4-17(18)21;/h2-9,19,25H,10-14H2,1H3,(H,22,26);1H. The lowest BCUT2D eigenvalue weighted by Gasteiger charge is -2.37. The van der Waals surface area contributed by atoms with Gasteiger partial charge in [-0.25, -0.2) is 9.18 Å². The van der Waals surface area contributed by atoms with Crippen molar-refractivity contribution in [2.45, 2.75) is 6.10 Å². The van der Waals surface area contributed by atoms with Crippen LogP contribution in [0.3, 0.4) is 0 Å². The van der Waals surface area contributed by atoms with E-state index in [1.54, 1.807) is 36.4 Å². The minimum atomic E-state index is -0.628. The number of β-amino-alcohol motifs (C(OH)–C–C–N with tert-alkyl or cyclic N) is 1. The summed E-state index contributed by atoms with van der Waals surface area (Å²) >= 11 is 0. The van der Waals surface area contributed by atoms with Crippen LogP contribution < -0.4 is 10.2 Å². The minimum absolute atomic E-state index is 0. The third-order valence-corrected chi connectivity index (χ3v) is 4.72. The number of piperazine rings is 1. The lowest BCUT2D eigenvalue weighted by atomic mass is 10.1. The molecular formula is C20H25ClFN3O3. The molecule has 0 saturated carbocycles. The molecule has 28 heavy (non-hydrogen) atoms. The smallest absolute Gasteiger partial charge is 0.411 e. The number of hydrogen-bond donors (Lipinski definition) is 2. The average molecular weight is 410 g/mol. The summed E-state index contributed by atoms with van der Waals surface area (Å²) in [6.07, 6.45) is -1.16. The first-order valence-corrected chi connectivity index (χ1v) is 8.91. The van der Waals surface area contributed by atoms with E-state index in [0.29, 0.717) is 17.9 Å². The summed E-state index contributed by atoms with van der Waals surface area (Å²) in [5.74, 6) is -0.202. The highest BCUT2D eigenvalue weighted by molar-refractivity contribution is 5.85. The highest BCUT2D eigenvalue weighted by Gasteiger charge is 2.21. The number of carbonyl (C=O) groups is 1. The fraction of sp³-hybridized carbons (Fsp3) is 0.350. The Balaban J connectivity index is 0.00000280. The van der Waals surface area contributed by atoms with E-state index in [1.807, 2.05) is 11.0 Å². The first-order chi connectivity index (χ1) is 13.1. The zero-order chi connectivity index (χ0) is 19.2. The summed E-state index contributed by atoms with van der Waals surface area (Å²) < 4.78 is 18.5. The van der Waals surface area contributed by atoms with Crippen LogP contribution in [0.5, 0.6) is 0 Å². The molecule has 1 amide bonds. The van der Waals surface area contributed by atoms with Crippen LogP contribution in [0.2, 0.25) is 0 Å². The van der Waals surface area contributed by atoms with Crippen LogP contribution in [0.25, 0.3) is 0 Å². The van der Waals surface area contributed by atoms with E-state index >= 15 is 0 Å². The van der Waals surface area contributed by atoms with E-state index in [-0.39, 0.29) is 18.2 Å². The van der Waals surface area contributed by atoms with Crippen molar-refractivity contribution < 1.29 is 19.0 Å². The first kappa shape index (κ1) is 21.9. The van der Waals surface area contributed by atoms with Crippen LogP contribution in [0.1, 0.15) is 11.7 Å². The maximum Gasteiger partial charge on any atom is 0.411 e. The number of carbonyl (C=O) groups excluding carboxylic acids is 1. The number of methoxy groups -OCH3 is 1. The number of anilines is 2. The van der Waals surface area contributed by atoms with Crippen molar-refractivity contribution in [3.63, 3.8) is 0 Å². The highest BCUT2D eigenvalue weighted by Crippen LogP contribution is 2.22. The van der Waals surface area contributed by atoms with Crippen molar-refractivity contribution in [1.29, 1.82) is 0 Å². The van der Waals surface area contributed by atoms with E-state index in [1.165, 1.54) is 13.2 Å². The SMILES string of the molecule is COC(=O)Nc1ccc(C(O)CN2CCN(c3ccccc3F)CC2)cc1.Cl. The number of aliphatic hydroxyl groups is 1. The number of halogens is 2. The van der Waals surface area contributed by atoms with Gasteiger partial charge in [0.05, 0.1) is 18.9 Å². The molecule has 1 atom stereocenters. The fourth-order valence-electron chi connectivity index (χ4n) is 3.19. The van der Waals surface area contributed by atoms with Crippen LogP contribution in [0.15, 0.2) is 48.5 Å². The molecule has 6 nitrogen and oxygen atoms in total. The molecule has 2 aromatic rings. The second kappa shape index (κ2) is 10.3. The van der Waals surface area contributed by atoms with Gasteiger partial charge in [-0.05, 0) is 29.8 Å². The number of hydrogen-bond acceptors (Lipinski definition) is 5. The van der Waals surface area contributed by atoms with E-state index in [0.717, 1.165) is 31.7 Å². The maximum absolute atomic E-state index is 13.9. The van der Waals surface area contributed by atoms with Gasteiger partial charge in [0, 0.05) is 38.4 Å². The quantitative estimate of drug-likeness (QED) is 0.793. The van der Waals surface area contributed by atoms with Crippen molar-refractivity contribution >= 4 is 29.9 Å². The molecule has 1 aliphatic rings. The van der Waals surface area contributed by atoms with Crippen LogP contribution in [-0.4, -0.2) is 55.9 Å². The van der Waals surface area contributed by atoms with Crippen molar-refractivity contribution in [2.75, 3.05) is 50.1 Å². The minimum Gasteiger partial charge on any atom is -0.453 e. The van der Waals surface area contributed by atoms with Crippen LogP contribution in [-0.2, 0) is 4.74 Å². The molecule has 0 aromatic heterocycles. The molecule has 1 heterocycles. The van der Waals surface area contributed by atoms with Crippen molar-refractivity contribution in [3.05, 3.63) is 59.9 Å². The van der Waals surface area contributed by atoms with Gasteiger partial charge in [-0.1, -0.05) is 24.3 Å². The predicted molar refractivity (Wildman–Crippen MR) is 110 cm³/mol. The third-order valence-electron chi connectivity index (χ3n) is 4.72. The summed E-state index contributed by atoms with van der Waals surface area (Å²) in [7, 11) is 1.30. The summed E-state index contributed by atoms with van der Waals surface area (Å²) in [6, 6.07) is 13.8. The van der Waals surface area contributed by atoms with Gasteiger partial charge in [-0.15, -0.1) is 12.4 Å². The lowest BCUT2D eigenvalue weighted by Crippen LogP contribution is -2.47. The van der Waals surface area contributed by atoms with E-state index in [4.69, 9.17) is 0 Å². The van der Waals surface area contributed by atoms with Gasteiger partial charge in [-0.2, -0.15) is 0 Å².